The third-order valence-electron chi connectivity index (χ3n) is 3.15. The van der Waals surface area contributed by atoms with E-state index in [2.05, 4.69) is 55.4 Å². The molecule has 0 aliphatic rings. The van der Waals surface area contributed by atoms with E-state index in [0.29, 0.717) is 12.0 Å². The molecule has 1 rings (SSSR count). The highest BCUT2D eigenvalue weighted by molar-refractivity contribution is 5.23. The highest BCUT2D eigenvalue weighted by atomic mass is 15.1. The van der Waals surface area contributed by atoms with E-state index in [1.807, 2.05) is 0 Å². The molecule has 1 aromatic rings. The van der Waals surface area contributed by atoms with Crippen LogP contribution in [-0.4, -0.2) is 35.9 Å². The van der Waals surface area contributed by atoms with Crippen LogP contribution in [0.25, 0.3) is 0 Å². The number of hydrogen-bond donors (Lipinski definition) is 3. The molecule has 1 unspecified atom stereocenters. The third-order valence-corrected chi connectivity index (χ3v) is 3.15. The van der Waals surface area contributed by atoms with Crippen molar-refractivity contribution in [2.75, 3.05) is 19.6 Å². The predicted octanol–water partition coefficient (Wildman–Crippen LogP) is 1.79. The quantitative estimate of drug-likeness (QED) is 0.661. The fourth-order valence-electron chi connectivity index (χ4n) is 2.05. The molecule has 0 saturated heterocycles. The summed E-state index contributed by atoms with van der Waals surface area (Å²) in [6.45, 7) is 14.0. The van der Waals surface area contributed by atoms with Crippen LogP contribution in [0.15, 0.2) is 0 Å². The molecule has 0 amide bonds. The zero-order chi connectivity index (χ0) is 13.5. The van der Waals surface area contributed by atoms with Gasteiger partial charge in [-0.1, -0.05) is 13.8 Å². The predicted molar refractivity (Wildman–Crippen MR) is 76.9 cm³/mol. The van der Waals surface area contributed by atoms with Crippen LogP contribution in [0.3, 0.4) is 0 Å². The van der Waals surface area contributed by atoms with Crippen molar-refractivity contribution < 1.29 is 0 Å². The van der Waals surface area contributed by atoms with Crippen molar-refractivity contribution in [1.29, 1.82) is 0 Å². The largest absolute Gasteiger partial charge is 0.315 e. The Labute approximate surface area is 111 Å². The summed E-state index contributed by atoms with van der Waals surface area (Å²) in [5, 5.41) is 14.3. The molecule has 4 heteroatoms. The normalized spacial score (nSPS) is 13.2. The van der Waals surface area contributed by atoms with E-state index in [0.717, 1.165) is 31.7 Å². The SMILES string of the molecule is Cc1n[nH]c(C)c1CCNC(C)CNCC(C)C. The van der Waals surface area contributed by atoms with Crippen LogP contribution in [0.4, 0.5) is 0 Å². The van der Waals surface area contributed by atoms with Gasteiger partial charge in [0, 0.05) is 18.3 Å². The first-order chi connectivity index (χ1) is 8.50. The van der Waals surface area contributed by atoms with Gasteiger partial charge in [-0.2, -0.15) is 5.10 Å². The van der Waals surface area contributed by atoms with E-state index in [1.165, 1.54) is 11.3 Å². The van der Waals surface area contributed by atoms with E-state index < -0.39 is 0 Å². The monoisotopic (exact) mass is 252 g/mol. The lowest BCUT2D eigenvalue weighted by atomic mass is 10.1. The number of hydrogen-bond acceptors (Lipinski definition) is 3. The fraction of sp³-hybridized carbons (Fsp3) is 0.786. The average molecular weight is 252 g/mol. The minimum Gasteiger partial charge on any atom is -0.315 e. The lowest BCUT2D eigenvalue weighted by Crippen LogP contribution is -2.38. The van der Waals surface area contributed by atoms with Gasteiger partial charge < -0.3 is 10.6 Å². The number of nitrogens with one attached hydrogen (secondary N) is 3. The van der Waals surface area contributed by atoms with E-state index in [-0.39, 0.29) is 0 Å². The summed E-state index contributed by atoms with van der Waals surface area (Å²) in [5.41, 5.74) is 3.67. The standard InChI is InChI=1S/C14H28N4/c1-10(2)8-15-9-11(3)16-7-6-14-12(4)17-18-13(14)5/h10-11,15-16H,6-9H2,1-5H3,(H,17,18). The molecule has 0 spiro atoms. The zero-order valence-electron chi connectivity index (χ0n) is 12.4. The van der Waals surface area contributed by atoms with E-state index in [4.69, 9.17) is 0 Å². The Balaban J connectivity index is 2.17. The van der Waals surface area contributed by atoms with Crippen LogP contribution in [-0.2, 0) is 6.42 Å². The van der Waals surface area contributed by atoms with E-state index >= 15 is 0 Å². The Kier molecular flexibility index (Phi) is 6.36. The Bertz CT molecular complexity index is 324. The number of rotatable bonds is 8. The summed E-state index contributed by atoms with van der Waals surface area (Å²) >= 11 is 0. The van der Waals surface area contributed by atoms with Crippen molar-refractivity contribution in [2.45, 2.75) is 47.1 Å². The van der Waals surface area contributed by atoms with Crippen LogP contribution in [0.1, 0.15) is 37.7 Å². The average Bonchev–Trinajstić information content (AvgIpc) is 2.60. The molecule has 0 bridgehead atoms. The molecule has 18 heavy (non-hydrogen) atoms. The highest BCUT2D eigenvalue weighted by Gasteiger charge is 2.07. The molecule has 1 aromatic heterocycles. The molecular formula is C14H28N4. The van der Waals surface area contributed by atoms with Crippen molar-refractivity contribution in [2.24, 2.45) is 5.92 Å². The minimum atomic E-state index is 0.510. The molecule has 0 aromatic carbocycles. The molecule has 0 fully saturated rings. The molecule has 0 radical (unpaired) electrons. The smallest absolute Gasteiger partial charge is 0.0626 e. The summed E-state index contributed by atoms with van der Waals surface area (Å²) in [6, 6.07) is 0.510. The Morgan fingerprint density at radius 1 is 1.17 bits per heavy atom. The van der Waals surface area contributed by atoms with Gasteiger partial charge in [0.1, 0.15) is 0 Å². The van der Waals surface area contributed by atoms with Crippen molar-refractivity contribution in [3.63, 3.8) is 0 Å². The molecule has 1 atom stereocenters. The Morgan fingerprint density at radius 2 is 1.89 bits per heavy atom. The van der Waals surface area contributed by atoms with Gasteiger partial charge in [0.25, 0.3) is 0 Å². The number of aromatic nitrogens is 2. The van der Waals surface area contributed by atoms with E-state index in [1.54, 1.807) is 0 Å². The molecule has 3 N–H and O–H groups in total. The van der Waals surface area contributed by atoms with E-state index in [9.17, 15) is 0 Å². The van der Waals surface area contributed by atoms with Gasteiger partial charge in [-0.25, -0.2) is 0 Å². The molecular weight excluding hydrogens is 224 g/mol. The maximum absolute atomic E-state index is 4.22. The molecule has 0 aliphatic carbocycles. The van der Waals surface area contributed by atoms with Crippen molar-refractivity contribution in [3.8, 4) is 0 Å². The van der Waals surface area contributed by atoms with Gasteiger partial charge >= 0.3 is 0 Å². The summed E-state index contributed by atoms with van der Waals surface area (Å²) in [6.07, 6.45) is 1.04. The second kappa shape index (κ2) is 7.54. The fourth-order valence-corrected chi connectivity index (χ4v) is 2.05. The number of aryl methyl sites for hydroxylation is 2. The molecule has 104 valence electrons. The van der Waals surface area contributed by atoms with Gasteiger partial charge in [0.05, 0.1) is 5.69 Å². The lowest BCUT2D eigenvalue weighted by Gasteiger charge is -2.15. The number of H-pyrrole nitrogens is 1. The van der Waals surface area contributed by atoms with Gasteiger partial charge in [-0.05, 0) is 51.8 Å². The summed E-state index contributed by atoms with van der Waals surface area (Å²) in [5.74, 6) is 0.716. The summed E-state index contributed by atoms with van der Waals surface area (Å²) in [7, 11) is 0. The van der Waals surface area contributed by atoms with Crippen LogP contribution < -0.4 is 10.6 Å². The maximum Gasteiger partial charge on any atom is 0.0626 e. The second-order valence-corrected chi connectivity index (χ2v) is 5.57. The van der Waals surface area contributed by atoms with Crippen LogP contribution in [0, 0.1) is 19.8 Å². The first-order valence-corrected chi connectivity index (χ1v) is 6.95. The summed E-state index contributed by atoms with van der Waals surface area (Å²) in [4.78, 5) is 0. The summed E-state index contributed by atoms with van der Waals surface area (Å²) < 4.78 is 0. The van der Waals surface area contributed by atoms with Gasteiger partial charge in [0.2, 0.25) is 0 Å². The maximum atomic E-state index is 4.22. The van der Waals surface area contributed by atoms with Crippen molar-refractivity contribution in [3.05, 3.63) is 17.0 Å². The van der Waals surface area contributed by atoms with Crippen molar-refractivity contribution in [1.82, 2.24) is 20.8 Å². The Morgan fingerprint density at radius 3 is 2.44 bits per heavy atom. The van der Waals surface area contributed by atoms with Gasteiger partial charge in [-0.15, -0.1) is 0 Å². The molecule has 0 saturated carbocycles. The first kappa shape index (κ1) is 15.2. The zero-order valence-corrected chi connectivity index (χ0v) is 12.4. The minimum absolute atomic E-state index is 0.510. The van der Waals surface area contributed by atoms with Gasteiger partial charge in [0.15, 0.2) is 0 Å². The lowest BCUT2D eigenvalue weighted by molar-refractivity contribution is 0.474. The molecule has 4 nitrogen and oxygen atoms in total. The van der Waals surface area contributed by atoms with Crippen LogP contribution in [0.2, 0.25) is 0 Å². The Hall–Kier alpha value is -0.870. The number of nitrogens with zero attached hydrogens (tertiary/aromatic N) is 1. The van der Waals surface area contributed by atoms with Crippen LogP contribution >= 0.6 is 0 Å². The molecule has 1 heterocycles. The first-order valence-electron chi connectivity index (χ1n) is 6.95. The highest BCUT2D eigenvalue weighted by Crippen LogP contribution is 2.09. The third kappa shape index (κ3) is 5.19. The van der Waals surface area contributed by atoms with Crippen LogP contribution in [0.5, 0.6) is 0 Å². The molecule has 0 aliphatic heterocycles. The number of aromatic amines is 1. The second-order valence-electron chi connectivity index (χ2n) is 5.57. The topological polar surface area (TPSA) is 52.7 Å². The van der Waals surface area contributed by atoms with Crippen molar-refractivity contribution >= 4 is 0 Å². The van der Waals surface area contributed by atoms with Gasteiger partial charge in [-0.3, -0.25) is 5.10 Å².